The molecule has 2 aliphatic rings. The maximum atomic E-state index is 13.4. The number of thiocarbonyl (C=S) groups is 1. The van der Waals surface area contributed by atoms with Gasteiger partial charge in [0.15, 0.2) is 0 Å². The Bertz CT molecular complexity index is 1050. The first kappa shape index (κ1) is 19.1. The number of fused-ring (bicyclic) bond motifs is 1. The van der Waals surface area contributed by atoms with Crippen molar-refractivity contribution in [2.75, 3.05) is 24.5 Å². The maximum absolute atomic E-state index is 13.4. The van der Waals surface area contributed by atoms with Crippen LogP contribution in [0.25, 0.3) is 11.7 Å². The normalized spacial score (nSPS) is 19.3. The van der Waals surface area contributed by atoms with Gasteiger partial charge >= 0.3 is 0 Å². The number of aryl methyl sites for hydroxylation is 1. The van der Waals surface area contributed by atoms with Gasteiger partial charge < -0.3 is 4.90 Å². The zero-order valence-corrected chi connectivity index (χ0v) is 17.6. The minimum atomic E-state index is -0.156. The molecule has 0 bridgehead atoms. The second-order valence-corrected chi connectivity index (χ2v) is 8.74. The number of pyridine rings is 1. The first-order valence-corrected chi connectivity index (χ1v) is 10.8. The van der Waals surface area contributed by atoms with Crippen molar-refractivity contribution in [2.24, 2.45) is 0 Å². The third kappa shape index (κ3) is 3.35. The van der Waals surface area contributed by atoms with Gasteiger partial charge in [0.25, 0.3) is 11.5 Å². The number of rotatable bonds is 3. The first-order chi connectivity index (χ1) is 13.5. The highest BCUT2D eigenvalue weighted by atomic mass is 32.2. The number of hydrogen-bond donors (Lipinski definition) is 0. The van der Waals surface area contributed by atoms with Crippen molar-refractivity contribution >= 4 is 51.7 Å². The lowest BCUT2D eigenvalue weighted by molar-refractivity contribution is -0.121. The Morgan fingerprint density at radius 2 is 1.96 bits per heavy atom. The molecule has 28 heavy (non-hydrogen) atoms. The Labute approximate surface area is 173 Å². The summed E-state index contributed by atoms with van der Waals surface area (Å²) in [6.45, 7) is 6.09. The zero-order chi connectivity index (χ0) is 19.8. The lowest BCUT2D eigenvalue weighted by Crippen LogP contribution is -2.33. The molecule has 2 aliphatic heterocycles. The van der Waals surface area contributed by atoms with E-state index in [-0.39, 0.29) is 11.5 Å². The van der Waals surface area contributed by atoms with E-state index in [9.17, 15) is 9.59 Å². The van der Waals surface area contributed by atoms with E-state index in [0.29, 0.717) is 32.8 Å². The number of carbonyl (C=O) groups is 1. The van der Waals surface area contributed by atoms with E-state index in [0.717, 1.165) is 31.5 Å². The van der Waals surface area contributed by atoms with Gasteiger partial charge in [-0.1, -0.05) is 30.0 Å². The van der Waals surface area contributed by atoms with Crippen LogP contribution < -0.4 is 10.5 Å². The molecule has 2 aromatic heterocycles. The Hall–Kier alpha value is -2.19. The third-order valence-electron chi connectivity index (χ3n) is 5.11. The topological polar surface area (TPSA) is 57.9 Å². The van der Waals surface area contributed by atoms with Crippen LogP contribution >= 0.6 is 24.0 Å². The fourth-order valence-electron chi connectivity index (χ4n) is 3.62. The predicted octanol–water partition coefficient (Wildman–Crippen LogP) is 3.21. The Morgan fingerprint density at radius 1 is 1.21 bits per heavy atom. The molecule has 2 aromatic rings. The number of thioether (sulfide) groups is 1. The van der Waals surface area contributed by atoms with Gasteiger partial charge in [0.1, 0.15) is 15.8 Å². The molecular formula is C20H22N4O2S2. The Balaban J connectivity index is 1.91. The van der Waals surface area contributed by atoms with E-state index < -0.39 is 0 Å². The van der Waals surface area contributed by atoms with Crippen LogP contribution in [-0.2, 0) is 4.79 Å². The van der Waals surface area contributed by atoms with Gasteiger partial charge in [-0.05, 0) is 50.8 Å². The van der Waals surface area contributed by atoms with Crippen molar-refractivity contribution < 1.29 is 4.79 Å². The molecule has 4 heterocycles. The summed E-state index contributed by atoms with van der Waals surface area (Å²) < 4.78 is 2.10. The average molecular weight is 415 g/mol. The highest BCUT2D eigenvalue weighted by Gasteiger charge is 2.31. The number of anilines is 1. The Kier molecular flexibility index (Phi) is 5.25. The molecule has 146 valence electrons. The molecule has 0 N–H and O–H groups in total. The number of aromatic nitrogens is 2. The van der Waals surface area contributed by atoms with Crippen molar-refractivity contribution in [1.82, 2.24) is 14.3 Å². The summed E-state index contributed by atoms with van der Waals surface area (Å²) in [4.78, 5) is 35.0. The van der Waals surface area contributed by atoms with Crippen LogP contribution in [0.2, 0.25) is 0 Å². The highest BCUT2D eigenvalue weighted by Crippen LogP contribution is 2.33. The number of piperidine rings is 1. The van der Waals surface area contributed by atoms with Crippen LogP contribution in [0, 0.1) is 6.92 Å². The molecule has 8 heteroatoms. The summed E-state index contributed by atoms with van der Waals surface area (Å²) in [5.74, 6) is 0.520. The molecule has 0 unspecified atom stereocenters. The third-order valence-corrected chi connectivity index (χ3v) is 6.48. The maximum Gasteiger partial charge on any atom is 0.267 e. The van der Waals surface area contributed by atoms with Crippen molar-refractivity contribution in [2.45, 2.75) is 33.1 Å². The lowest BCUT2D eigenvalue weighted by Gasteiger charge is -2.29. The van der Waals surface area contributed by atoms with Gasteiger partial charge in [-0.2, -0.15) is 0 Å². The van der Waals surface area contributed by atoms with Crippen LogP contribution in [0.4, 0.5) is 5.82 Å². The van der Waals surface area contributed by atoms with Gasteiger partial charge in [-0.3, -0.25) is 18.9 Å². The predicted molar refractivity (Wildman–Crippen MR) is 118 cm³/mol. The zero-order valence-electron chi connectivity index (χ0n) is 16.0. The van der Waals surface area contributed by atoms with Crippen LogP contribution in [0.15, 0.2) is 28.0 Å². The molecule has 0 aliphatic carbocycles. The fraction of sp³-hybridized carbons (Fsp3) is 0.400. The van der Waals surface area contributed by atoms with Gasteiger partial charge in [-0.25, -0.2) is 4.98 Å². The van der Waals surface area contributed by atoms with Crippen LogP contribution in [0.5, 0.6) is 0 Å². The second-order valence-electron chi connectivity index (χ2n) is 7.06. The molecule has 6 nitrogen and oxygen atoms in total. The summed E-state index contributed by atoms with van der Waals surface area (Å²) in [6, 6.07) is 3.82. The van der Waals surface area contributed by atoms with Crippen LogP contribution in [0.1, 0.15) is 37.3 Å². The van der Waals surface area contributed by atoms with Gasteiger partial charge in [0, 0.05) is 25.8 Å². The monoisotopic (exact) mass is 414 g/mol. The summed E-state index contributed by atoms with van der Waals surface area (Å²) >= 11 is 6.56. The van der Waals surface area contributed by atoms with E-state index in [4.69, 9.17) is 17.2 Å². The van der Waals surface area contributed by atoms with Gasteiger partial charge in [-0.15, -0.1) is 0 Å². The van der Waals surface area contributed by atoms with Crippen LogP contribution in [0.3, 0.4) is 0 Å². The summed E-state index contributed by atoms with van der Waals surface area (Å²) in [5, 5.41) is 0. The van der Waals surface area contributed by atoms with E-state index in [2.05, 4.69) is 4.90 Å². The van der Waals surface area contributed by atoms with E-state index in [1.807, 2.05) is 26.0 Å². The van der Waals surface area contributed by atoms with Gasteiger partial charge in [0.2, 0.25) is 0 Å². The quantitative estimate of drug-likeness (QED) is 0.568. The molecule has 0 saturated carbocycles. The molecule has 2 saturated heterocycles. The largest absolute Gasteiger partial charge is 0.356 e. The minimum absolute atomic E-state index is 0.143. The fourth-order valence-corrected chi connectivity index (χ4v) is 4.99. The number of nitrogens with zero attached hydrogens (tertiary/aromatic N) is 4. The highest BCUT2D eigenvalue weighted by molar-refractivity contribution is 8.26. The molecule has 1 amide bonds. The number of carbonyl (C=O) groups excluding carboxylic acids is 1. The van der Waals surface area contributed by atoms with Crippen molar-refractivity contribution in [1.29, 1.82) is 0 Å². The van der Waals surface area contributed by atoms with Crippen molar-refractivity contribution in [3.8, 4) is 0 Å². The van der Waals surface area contributed by atoms with Crippen LogP contribution in [-0.4, -0.2) is 44.1 Å². The average Bonchev–Trinajstić information content (AvgIpc) is 2.97. The smallest absolute Gasteiger partial charge is 0.267 e. The molecule has 0 radical (unpaired) electrons. The van der Waals surface area contributed by atoms with E-state index in [1.54, 1.807) is 21.6 Å². The van der Waals surface area contributed by atoms with E-state index >= 15 is 0 Å². The standard InChI is InChI=1S/C20H22N4O2S2/c1-3-23-19(26)15(28-20(23)27)11-14-17(22-9-5-4-6-10-22)21-16-8-7-13(2)12-24(16)18(14)25/h7-8,11-12H,3-6,9-10H2,1-2H3/b15-11+. The number of likely N-dealkylation sites (N-methyl/N-ethyl adjacent to an activating group) is 1. The number of hydrogen-bond acceptors (Lipinski definition) is 6. The molecular weight excluding hydrogens is 392 g/mol. The molecule has 0 spiro atoms. The van der Waals surface area contributed by atoms with Gasteiger partial charge in [0.05, 0.1) is 10.5 Å². The lowest BCUT2D eigenvalue weighted by atomic mass is 10.1. The first-order valence-electron chi connectivity index (χ1n) is 9.53. The SMILES string of the molecule is CCN1C(=O)/C(=C\c2c(N3CCCCC3)nc3ccc(C)cn3c2=O)SC1=S. The molecule has 0 aromatic carbocycles. The Morgan fingerprint density at radius 3 is 2.64 bits per heavy atom. The molecule has 0 atom stereocenters. The summed E-state index contributed by atoms with van der Waals surface area (Å²) in [5.41, 5.74) is 1.90. The molecule has 4 rings (SSSR count). The summed E-state index contributed by atoms with van der Waals surface area (Å²) in [7, 11) is 0. The minimum Gasteiger partial charge on any atom is -0.356 e. The van der Waals surface area contributed by atoms with Crippen molar-refractivity contribution in [3.63, 3.8) is 0 Å². The van der Waals surface area contributed by atoms with E-state index in [1.165, 1.54) is 18.2 Å². The number of amides is 1. The van der Waals surface area contributed by atoms with Crippen molar-refractivity contribution in [3.05, 3.63) is 44.7 Å². The summed E-state index contributed by atoms with van der Waals surface area (Å²) in [6.07, 6.45) is 6.81. The molecule has 2 fully saturated rings. The second kappa shape index (κ2) is 7.67.